The Morgan fingerprint density at radius 2 is 1.88 bits per heavy atom. The van der Waals surface area contributed by atoms with Gasteiger partial charge in [0.1, 0.15) is 5.75 Å². The highest BCUT2D eigenvalue weighted by molar-refractivity contribution is 5.95. The average Bonchev–Trinajstić information content (AvgIpc) is 2.58. The van der Waals surface area contributed by atoms with Gasteiger partial charge in [0.15, 0.2) is 5.72 Å². The number of urea groups is 1. The first-order valence-corrected chi connectivity index (χ1v) is 8.52. The number of anilines is 1. The van der Waals surface area contributed by atoms with Crippen molar-refractivity contribution in [1.29, 1.82) is 0 Å². The predicted molar refractivity (Wildman–Crippen MR) is 94.2 cm³/mol. The highest BCUT2D eigenvalue weighted by Gasteiger charge is 2.55. The van der Waals surface area contributed by atoms with Gasteiger partial charge in [0, 0.05) is 17.2 Å². The summed E-state index contributed by atoms with van der Waals surface area (Å²) in [6.45, 7) is 6.26. The van der Waals surface area contributed by atoms with E-state index in [9.17, 15) is 4.79 Å². The maximum Gasteiger partial charge on any atom is 0.325 e. The number of nitrogens with zero attached hydrogens (tertiary/aromatic N) is 1. The molecule has 24 heavy (non-hydrogen) atoms. The van der Waals surface area contributed by atoms with E-state index in [1.165, 1.54) is 5.56 Å². The number of aryl methyl sites for hydroxylation is 1. The molecule has 0 radical (unpaired) electrons. The van der Waals surface area contributed by atoms with Crippen molar-refractivity contribution >= 4 is 11.7 Å². The van der Waals surface area contributed by atoms with E-state index in [4.69, 9.17) is 4.74 Å². The van der Waals surface area contributed by atoms with Crippen LogP contribution in [0.5, 0.6) is 5.75 Å². The second-order valence-corrected chi connectivity index (χ2v) is 6.77. The van der Waals surface area contributed by atoms with Gasteiger partial charge in [-0.2, -0.15) is 0 Å². The zero-order valence-corrected chi connectivity index (χ0v) is 14.2. The van der Waals surface area contributed by atoms with E-state index in [2.05, 4.69) is 31.3 Å². The zero-order valence-electron chi connectivity index (χ0n) is 14.2. The maximum atomic E-state index is 12.9. The lowest BCUT2D eigenvalue weighted by Gasteiger charge is -2.54. The van der Waals surface area contributed by atoms with Crippen LogP contribution in [-0.2, 0) is 6.42 Å². The fourth-order valence-corrected chi connectivity index (χ4v) is 3.83. The molecule has 0 spiro atoms. The highest BCUT2D eigenvalue weighted by Crippen LogP contribution is 2.48. The molecule has 2 aliphatic rings. The summed E-state index contributed by atoms with van der Waals surface area (Å²) in [5.74, 6) is 0.967. The third-order valence-corrected chi connectivity index (χ3v) is 5.44. The fraction of sp³-hybridized carbons (Fsp3) is 0.350. The van der Waals surface area contributed by atoms with Crippen molar-refractivity contribution < 1.29 is 9.53 Å². The molecule has 2 aliphatic heterocycles. The molecule has 2 bridgehead atoms. The number of carbonyl (C=O) groups excluding carboxylic acids is 1. The molecule has 2 heterocycles. The summed E-state index contributed by atoms with van der Waals surface area (Å²) in [6, 6.07) is 16.0. The summed E-state index contributed by atoms with van der Waals surface area (Å²) in [5, 5.41) is 3.16. The summed E-state index contributed by atoms with van der Waals surface area (Å²) in [7, 11) is 0. The Balaban J connectivity index is 1.81. The fourth-order valence-electron chi connectivity index (χ4n) is 3.83. The third-order valence-electron chi connectivity index (χ3n) is 5.44. The largest absolute Gasteiger partial charge is 0.467 e. The molecule has 4 rings (SSSR count). The number of carbonyl (C=O) groups is 1. The number of hydrogen-bond acceptors (Lipinski definition) is 2. The molecule has 2 aromatic carbocycles. The minimum atomic E-state index is -0.713. The lowest BCUT2D eigenvalue weighted by molar-refractivity contribution is -0.0126. The zero-order chi connectivity index (χ0) is 16.9. The van der Waals surface area contributed by atoms with Crippen LogP contribution in [0.4, 0.5) is 10.5 Å². The molecule has 1 fully saturated rings. The number of rotatable bonds is 2. The molecular formula is C20H22N2O2. The standard InChI is InChI=1S/C20H22N2O2/c1-4-14-9-11-15(12-10-14)22-19(23)21-18-13(2)20(22,3)24-17-8-6-5-7-16(17)18/h5-13,18H,4H2,1-3H3,(H,21,23)/t13-,18+,20-/m0/s1. The molecule has 2 amide bonds. The Kier molecular flexibility index (Phi) is 3.30. The van der Waals surface area contributed by atoms with Crippen LogP contribution >= 0.6 is 0 Å². The van der Waals surface area contributed by atoms with Crippen molar-refractivity contribution in [2.45, 2.75) is 39.0 Å². The number of nitrogens with one attached hydrogen (secondary N) is 1. The van der Waals surface area contributed by atoms with E-state index in [1.54, 1.807) is 4.90 Å². The summed E-state index contributed by atoms with van der Waals surface area (Å²) in [6.07, 6.45) is 0.978. The number of ether oxygens (including phenoxy) is 1. The number of amides is 2. The Morgan fingerprint density at radius 1 is 1.17 bits per heavy atom. The van der Waals surface area contributed by atoms with Crippen molar-refractivity contribution in [2.75, 3.05) is 4.90 Å². The molecule has 0 unspecified atom stereocenters. The molecule has 4 nitrogen and oxygen atoms in total. The molecule has 0 aliphatic carbocycles. The van der Waals surface area contributed by atoms with Crippen molar-refractivity contribution in [2.24, 2.45) is 5.92 Å². The quantitative estimate of drug-likeness (QED) is 0.897. The lowest BCUT2D eigenvalue weighted by atomic mass is 9.80. The summed E-state index contributed by atoms with van der Waals surface area (Å²) in [5.41, 5.74) is 2.45. The molecule has 2 aromatic rings. The van der Waals surface area contributed by atoms with Crippen LogP contribution in [0.15, 0.2) is 48.5 Å². The van der Waals surface area contributed by atoms with Crippen LogP contribution in [-0.4, -0.2) is 11.8 Å². The summed E-state index contributed by atoms with van der Waals surface area (Å²) in [4.78, 5) is 14.6. The first-order valence-electron chi connectivity index (χ1n) is 8.52. The molecule has 1 N–H and O–H groups in total. The topological polar surface area (TPSA) is 41.6 Å². The van der Waals surface area contributed by atoms with E-state index >= 15 is 0 Å². The Morgan fingerprint density at radius 3 is 2.58 bits per heavy atom. The first kappa shape index (κ1) is 15.1. The van der Waals surface area contributed by atoms with Crippen molar-refractivity contribution in [3.63, 3.8) is 0 Å². The van der Waals surface area contributed by atoms with Crippen molar-refractivity contribution in [3.05, 3.63) is 59.7 Å². The van der Waals surface area contributed by atoms with Gasteiger partial charge < -0.3 is 10.1 Å². The number of hydrogen-bond donors (Lipinski definition) is 1. The van der Waals surface area contributed by atoms with Crippen molar-refractivity contribution in [1.82, 2.24) is 5.32 Å². The van der Waals surface area contributed by atoms with Gasteiger partial charge in [-0.15, -0.1) is 0 Å². The maximum absolute atomic E-state index is 12.9. The number of benzene rings is 2. The first-order chi connectivity index (χ1) is 11.5. The molecule has 1 saturated heterocycles. The van der Waals surface area contributed by atoms with Gasteiger partial charge in [0.2, 0.25) is 0 Å². The normalized spacial score (nSPS) is 28.0. The van der Waals surface area contributed by atoms with Crippen LogP contribution in [0.1, 0.15) is 37.9 Å². The van der Waals surface area contributed by atoms with Gasteiger partial charge >= 0.3 is 6.03 Å². The third kappa shape index (κ3) is 2.02. The van der Waals surface area contributed by atoms with Crippen LogP contribution in [0.25, 0.3) is 0 Å². The monoisotopic (exact) mass is 322 g/mol. The van der Waals surface area contributed by atoms with Crippen LogP contribution in [0.3, 0.4) is 0 Å². The minimum absolute atomic E-state index is 0.0291. The van der Waals surface area contributed by atoms with E-state index in [-0.39, 0.29) is 18.0 Å². The molecule has 4 heteroatoms. The second kappa shape index (κ2) is 5.26. The Bertz CT molecular complexity index is 786. The van der Waals surface area contributed by atoms with Crippen LogP contribution in [0.2, 0.25) is 0 Å². The van der Waals surface area contributed by atoms with E-state index in [0.717, 1.165) is 23.4 Å². The lowest BCUT2D eigenvalue weighted by Crippen LogP contribution is -2.69. The Hall–Kier alpha value is -2.49. The number of fused-ring (bicyclic) bond motifs is 4. The number of para-hydroxylation sites is 1. The van der Waals surface area contributed by atoms with E-state index in [0.29, 0.717) is 0 Å². The van der Waals surface area contributed by atoms with E-state index in [1.807, 2.05) is 43.3 Å². The van der Waals surface area contributed by atoms with Crippen LogP contribution < -0.4 is 15.0 Å². The highest BCUT2D eigenvalue weighted by atomic mass is 16.5. The molecule has 0 aromatic heterocycles. The van der Waals surface area contributed by atoms with Gasteiger partial charge in [-0.25, -0.2) is 4.79 Å². The summed E-state index contributed by atoms with van der Waals surface area (Å²) >= 11 is 0. The molecule has 124 valence electrons. The smallest absolute Gasteiger partial charge is 0.325 e. The van der Waals surface area contributed by atoms with Crippen LogP contribution in [0, 0.1) is 5.92 Å². The van der Waals surface area contributed by atoms with Crippen molar-refractivity contribution in [3.8, 4) is 5.75 Å². The summed E-state index contributed by atoms with van der Waals surface area (Å²) < 4.78 is 6.36. The van der Waals surface area contributed by atoms with Gasteiger partial charge in [0.05, 0.1) is 6.04 Å². The molecule has 3 atom stereocenters. The predicted octanol–water partition coefficient (Wildman–Crippen LogP) is 4.26. The van der Waals surface area contributed by atoms with Gasteiger partial charge in [-0.1, -0.05) is 44.2 Å². The molecule has 0 saturated carbocycles. The van der Waals surface area contributed by atoms with Gasteiger partial charge in [-0.3, -0.25) is 4.90 Å². The SMILES string of the molecule is CCc1ccc(N2C(=O)N[C@H]3c4ccccc4O[C@@]2(C)[C@H]3C)cc1. The average molecular weight is 322 g/mol. The van der Waals surface area contributed by atoms with Gasteiger partial charge in [-0.05, 0) is 37.1 Å². The van der Waals surface area contributed by atoms with Gasteiger partial charge in [0.25, 0.3) is 0 Å². The Labute approximate surface area is 142 Å². The minimum Gasteiger partial charge on any atom is -0.467 e. The molecular weight excluding hydrogens is 300 g/mol. The second-order valence-electron chi connectivity index (χ2n) is 6.77. The van der Waals surface area contributed by atoms with E-state index < -0.39 is 5.72 Å².